The molecule has 0 amide bonds. The first kappa shape index (κ1) is 22.3. The van der Waals surface area contributed by atoms with Crippen LogP contribution < -0.4 is 4.72 Å². The molecule has 0 radical (unpaired) electrons. The Morgan fingerprint density at radius 3 is 2.47 bits per heavy atom. The maximum atomic E-state index is 14.4. The molecule has 36 heavy (non-hydrogen) atoms. The van der Waals surface area contributed by atoms with Crippen LogP contribution in [0, 0.1) is 17.0 Å². The Hall–Kier alpha value is -2.86. The average Bonchev–Trinajstić information content (AvgIpc) is 3.58. The molecule has 186 valence electrons. The Kier molecular flexibility index (Phi) is 4.42. The van der Waals surface area contributed by atoms with Gasteiger partial charge in [0, 0.05) is 0 Å². The summed E-state index contributed by atoms with van der Waals surface area (Å²) >= 11 is 0. The SMILES string of the molecule is O=S(=O)(NC1(CO)COC1)c1cccc(C23CC4(C[C@H]4c4cc(-c5c(F)cccc5F)nnc42)C3)n1. The molecule has 5 aliphatic rings. The lowest BCUT2D eigenvalue weighted by Crippen LogP contribution is -2.64. The predicted octanol–water partition coefficient (Wildman–Crippen LogP) is 2.42. The van der Waals surface area contributed by atoms with Gasteiger partial charge in [-0.2, -0.15) is 9.82 Å². The Balaban J connectivity index is 1.29. The number of nitrogens with zero attached hydrogens (tertiary/aromatic N) is 3. The van der Waals surface area contributed by atoms with E-state index in [-0.39, 0.29) is 47.4 Å². The van der Waals surface area contributed by atoms with Crippen LogP contribution >= 0.6 is 0 Å². The molecule has 4 aliphatic carbocycles. The number of aliphatic hydroxyl groups is 1. The standard InChI is InChI=1S/C25H22F2N4O4S/c26-16-3-1-4-17(27)21(16)18-7-14-15-8-23(15)9-25(10-23,22(14)30-29-18)19-5-2-6-20(28-19)36(33,34)31-24(11-32)12-35-13-24/h1-7,15,31-32H,8-13H2/t15-,23?,25?/m0/s1. The van der Waals surface area contributed by atoms with Crippen molar-refractivity contribution in [2.24, 2.45) is 5.41 Å². The third kappa shape index (κ3) is 2.94. The van der Waals surface area contributed by atoms with Crippen LogP contribution in [0.25, 0.3) is 11.3 Å². The summed E-state index contributed by atoms with van der Waals surface area (Å²) in [7, 11) is -4.02. The third-order valence-corrected chi connectivity index (χ3v) is 9.75. The van der Waals surface area contributed by atoms with Gasteiger partial charge in [-0.1, -0.05) is 12.1 Å². The number of nitrogens with one attached hydrogen (secondary N) is 1. The van der Waals surface area contributed by atoms with Gasteiger partial charge in [-0.05, 0) is 66.5 Å². The lowest BCUT2D eigenvalue weighted by atomic mass is 9.51. The largest absolute Gasteiger partial charge is 0.394 e. The van der Waals surface area contributed by atoms with E-state index in [1.165, 1.54) is 24.3 Å². The predicted molar refractivity (Wildman–Crippen MR) is 122 cm³/mol. The molecule has 2 bridgehead atoms. The highest BCUT2D eigenvalue weighted by atomic mass is 32.2. The zero-order valence-corrected chi connectivity index (χ0v) is 19.9. The van der Waals surface area contributed by atoms with Crippen molar-refractivity contribution < 1.29 is 27.0 Å². The molecule has 1 aliphatic heterocycles. The van der Waals surface area contributed by atoms with Crippen LogP contribution in [-0.4, -0.2) is 54.1 Å². The van der Waals surface area contributed by atoms with Crippen LogP contribution in [0.4, 0.5) is 8.78 Å². The van der Waals surface area contributed by atoms with Gasteiger partial charge in [0.1, 0.15) is 17.2 Å². The Bertz CT molecular complexity index is 1510. The molecule has 11 heteroatoms. The number of aliphatic hydroxyl groups excluding tert-OH is 1. The van der Waals surface area contributed by atoms with Crippen molar-refractivity contribution in [1.29, 1.82) is 0 Å². The first-order chi connectivity index (χ1) is 17.2. The molecule has 1 saturated heterocycles. The highest BCUT2D eigenvalue weighted by molar-refractivity contribution is 7.89. The van der Waals surface area contributed by atoms with Crippen molar-refractivity contribution in [3.8, 4) is 11.3 Å². The summed E-state index contributed by atoms with van der Waals surface area (Å²) in [4.78, 5) is 4.55. The molecule has 1 atom stereocenters. The average molecular weight is 513 g/mol. The van der Waals surface area contributed by atoms with Crippen LogP contribution in [0.2, 0.25) is 0 Å². The minimum absolute atomic E-state index is 0.0834. The fourth-order valence-corrected chi connectivity index (χ4v) is 7.74. The summed E-state index contributed by atoms with van der Waals surface area (Å²) in [6, 6.07) is 10.3. The lowest BCUT2D eigenvalue weighted by molar-refractivity contribution is -0.0858. The monoisotopic (exact) mass is 512 g/mol. The first-order valence-electron chi connectivity index (χ1n) is 11.7. The molecule has 8 nitrogen and oxygen atoms in total. The molecule has 3 aromatic rings. The van der Waals surface area contributed by atoms with Gasteiger partial charge < -0.3 is 9.84 Å². The topological polar surface area (TPSA) is 114 Å². The Labute approximate surface area is 205 Å². The molecule has 2 saturated carbocycles. The maximum absolute atomic E-state index is 14.4. The molecule has 8 rings (SSSR count). The number of sulfonamides is 1. The van der Waals surface area contributed by atoms with E-state index in [1.54, 1.807) is 18.2 Å². The van der Waals surface area contributed by atoms with Crippen molar-refractivity contribution in [3.63, 3.8) is 0 Å². The maximum Gasteiger partial charge on any atom is 0.258 e. The van der Waals surface area contributed by atoms with Gasteiger partial charge in [-0.25, -0.2) is 22.2 Å². The highest BCUT2D eigenvalue weighted by Crippen LogP contribution is 2.81. The number of aromatic nitrogens is 3. The molecule has 1 spiro atoms. The number of hydrogen-bond donors (Lipinski definition) is 2. The minimum Gasteiger partial charge on any atom is -0.394 e. The van der Waals surface area contributed by atoms with E-state index in [9.17, 15) is 22.3 Å². The van der Waals surface area contributed by atoms with Crippen molar-refractivity contribution in [1.82, 2.24) is 19.9 Å². The van der Waals surface area contributed by atoms with Gasteiger partial charge >= 0.3 is 0 Å². The lowest BCUT2D eigenvalue weighted by Gasteiger charge is -2.52. The Morgan fingerprint density at radius 1 is 1.08 bits per heavy atom. The van der Waals surface area contributed by atoms with Gasteiger partial charge in [-0.3, -0.25) is 0 Å². The van der Waals surface area contributed by atoms with E-state index < -0.39 is 32.6 Å². The molecular formula is C25H22F2N4O4S. The summed E-state index contributed by atoms with van der Waals surface area (Å²) in [5.41, 5.74) is 0.545. The summed E-state index contributed by atoms with van der Waals surface area (Å²) in [5, 5.41) is 18.2. The van der Waals surface area contributed by atoms with Crippen molar-refractivity contribution in [2.75, 3.05) is 19.8 Å². The van der Waals surface area contributed by atoms with E-state index in [4.69, 9.17) is 4.74 Å². The first-order valence-corrected chi connectivity index (χ1v) is 13.2. The van der Waals surface area contributed by atoms with E-state index in [0.29, 0.717) is 11.4 Å². The van der Waals surface area contributed by atoms with Crippen LogP contribution in [0.1, 0.15) is 42.1 Å². The van der Waals surface area contributed by atoms with Gasteiger partial charge in [0.15, 0.2) is 5.03 Å². The molecule has 2 aromatic heterocycles. The third-order valence-electron chi connectivity index (χ3n) is 8.27. The normalized spacial score (nSPS) is 28.9. The molecule has 3 fully saturated rings. The fraction of sp³-hybridized carbons (Fsp3) is 0.400. The second-order valence-electron chi connectivity index (χ2n) is 10.6. The zero-order valence-electron chi connectivity index (χ0n) is 19.0. The zero-order chi connectivity index (χ0) is 24.9. The second kappa shape index (κ2) is 7.12. The van der Waals surface area contributed by atoms with E-state index in [1.807, 2.05) is 0 Å². The van der Waals surface area contributed by atoms with Gasteiger partial charge in [0.05, 0.1) is 47.9 Å². The summed E-state index contributed by atoms with van der Waals surface area (Å²) in [6.07, 6.45) is 2.50. The smallest absolute Gasteiger partial charge is 0.258 e. The van der Waals surface area contributed by atoms with E-state index in [2.05, 4.69) is 19.9 Å². The van der Waals surface area contributed by atoms with Gasteiger partial charge in [-0.15, -0.1) is 5.10 Å². The van der Waals surface area contributed by atoms with E-state index >= 15 is 0 Å². The fourth-order valence-electron chi connectivity index (χ4n) is 6.41. The number of halogens is 2. The molecular weight excluding hydrogens is 490 g/mol. The van der Waals surface area contributed by atoms with Crippen LogP contribution in [-0.2, 0) is 20.2 Å². The van der Waals surface area contributed by atoms with Gasteiger partial charge in [0.25, 0.3) is 10.0 Å². The van der Waals surface area contributed by atoms with Crippen molar-refractivity contribution in [3.05, 3.63) is 71.1 Å². The molecule has 0 unspecified atom stereocenters. The van der Waals surface area contributed by atoms with E-state index in [0.717, 1.165) is 24.8 Å². The number of ether oxygens (including phenoxy) is 1. The summed E-state index contributed by atoms with van der Waals surface area (Å²) < 4.78 is 62.7. The molecule has 1 aromatic carbocycles. The quantitative estimate of drug-likeness (QED) is 0.521. The van der Waals surface area contributed by atoms with Crippen molar-refractivity contribution in [2.45, 2.75) is 41.2 Å². The van der Waals surface area contributed by atoms with Crippen LogP contribution in [0.15, 0.2) is 47.5 Å². The number of hydrogen-bond acceptors (Lipinski definition) is 7. The summed E-state index contributed by atoms with van der Waals surface area (Å²) in [5.74, 6) is -1.15. The molecule has 3 heterocycles. The number of pyridine rings is 1. The Morgan fingerprint density at radius 2 is 1.81 bits per heavy atom. The van der Waals surface area contributed by atoms with Crippen LogP contribution in [0.3, 0.4) is 0 Å². The highest BCUT2D eigenvalue weighted by Gasteiger charge is 2.74. The minimum atomic E-state index is -4.02. The number of rotatable bonds is 6. The van der Waals surface area contributed by atoms with Gasteiger partial charge in [0.2, 0.25) is 0 Å². The molecule has 2 N–H and O–H groups in total. The van der Waals surface area contributed by atoms with Crippen LogP contribution in [0.5, 0.6) is 0 Å². The second-order valence-corrected chi connectivity index (χ2v) is 12.2. The van der Waals surface area contributed by atoms with Crippen molar-refractivity contribution >= 4 is 10.0 Å². The summed E-state index contributed by atoms with van der Waals surface area (Å²) in [6.45, 7) is -0.206. The number of benzene rings is 1.